The highest BCUT2D eigenvalue weighted by molar-refractivity contribution is 5.86. The molecular weight excluding hydrogens is 236 g/mol. The molecule has 0 aromatic heterocycles. The Bertz CT molecular complexity index is 536. The van der Waals surface area contributed by atoms with Crippen LogP contribution >= 0.6 is 0 Å². The van der Waals surface area contributed by atoms with Crippen LogP contribution in [0.2, 0.25) is 0 Å². The third-order valence-corrected chi connectivity index (χ3v) is 3.48. The average molecular weight is 256 g/mol. The van der Waals surface area contributed by atoms with E-state index in [0.29, 0.717) is 5.57 Å². The van der Waals surface area contributed by atoms with Crippen LogP contribution in [-0.2, 0) is 4.79 Å². The molecular formula is C17H20O2. The number of rotatable bonds is 4. The van der Waals surface area contributed by atoms with Gasteiger partial charge in [0.15, 0.2) is 0 Å². The second-order valence-electron chi connectivity index (χ2n) is 5.41. The summed E-state index contributed by atoms with van der Waals surface area (Å²) in [5.41, 5.74) is 2.45. The first-order valence-corrected chi connectivity index (χ1v) is 6.64. The second-order valence-corrected chi connectivity index (χ2v) is 5.41. The zero-order chi connectivity index (χ0) is 13.9. The van der Waals surface area contributed by atoms with E-state index in [1.807, 2.05) is 37.3 Å². The molecule has 0 N–H and O–H groups in total. The predicted octanol–water partition coefficient (Wildman–Crippen LogP) is 4.17. The first kappa shape index (κ1) is 13.6. The minimum atomic E-state index is -0.526. The predicted molar refractivity (Wildman–Crippen MR) is 78.2 cm³/mol. The molecule has 1 aromatic rings. The number of benzene rings is 1. The molecule has 1 aliphatic rings. The van der Waals surface area contributed by atoms with Gasteiger partial charge in [0.25, 0.3) is 0 Å². The van der Waals surface area contributed by atoms with E-state index in [2.05, 4.69) is 19.9 Å². The fraction of sp³-hybridized carbons (Fsp3) is 0.353. The summed E-state index contributed by atoms with van der Waals surface area (Å²) in [7, 11) is 0. The van der Waals surface area contributed by atoms with E-state index in [4.69, 9.17) is 4.74 Å². The normalized spacial score (nSPS) is 20.9. The molecule has 0 saturated heterocycles. The van der Waals surface area contributed by atoms with Crippen LogP contribution in [0.4, 0.5) is 0 Å². The molecule has 100 valence electrons. The summed E-state index contributed by atoms with van der Waals surface area (Å²) in [5.74, 6) is 0.854. The number of carbonyl (C=O) groups excluding carboxylic acids is 1. The summed E-state index contributed by atoms with van der Waals surface area (Å²) in [6, 6.07) is 7.82. The first-order chi connectivity index (χ1) is 9.05. The van der Waals surface area contributed by atoms with Crippen LogP contribution in [-0.4, -0.2) is 11.9 Å². The highest BCUT2D eigenvalue weighted by atomic mass is 16.5. The second kappa shape index (κ2) is 5.43. The van der Waals surface area contributed by atoms with Crippen molar-refractivity contribution in [1.29, 1.82) is 0 Å². The number of aldehydes is 1. The van der Waals surface area contributed by atoms with E-state index in [0.717, 1.165) is 30.4 Å². The molecule has 0 spiro atoms. The highest BCUT2D eigenvalue weighted by Crippen LogP contribution is 2.37. The first-order valence-electron chi connectivity index (χ1n) is 6.64. The molecule has 0 aliphatic carbocycles. The SMILES string of the molecule is CC(C)=CCCC1(C)Oc2ccccc2C=C1C=O. The standard InChI is InChI=1S/C17H20O2/c1-13(2)7-6-10-17(3)15(12-18)11-14-8-4-5-9-16(14)19-17/h4-5,7-9,11-12H,6,10H2,1-3H3. The lowest BCUT2D eigenvalue weighted by atomic mass is 9.87. The van der Waals surface area contributed by atoms with Crippen molar-refractivity contribution >= 4 is 12.4 Å². The number of carbonyl (C=O) groups is 1. The van der Waals surface area contributed by atoms with Crippen LogP contribution in [0.3, 0.4) is 0 Å². The quantitative estimate of drug-likeness (QED) is 0.597. The highest BCUT2D eigenvalue weighted by Gasteiger charge is 2.34. The molecule has 0 saturated carbocycles. The number of fused-ring (bicyclic) bond motifs is 1. The lowest BCUT2D eigenvalue weighted by Crippen LogP contribution is -2.37. The van der Waals surface area contributed by atoms with Gasteiger partial charge in [-0.25, -0.2) is 0 Å². The lowest BCUT2D eigenvalue weighted by molar-refractivity contribution is -0.106. The van der Waals surface area contributed by atoms with Crippen molar-refractivity contribution in [3.8, 4) is 5.75 Å². The molecule has 1 aliphatic heterocycles. The molecule has 1 aromatic carbocycles. The Balaban J connectivity index is 2.27. The maximum absolute atomic E-state index is 11.3. The maximum atomic E-state index is 11.3. The van der Waals surface area contributed by atoms with E-state index in [1.165, 1.54) is 5.57 Å². The summed E-state index contributed by atoms with van der Waals surface area (Å²) < 4.78 is 6.08. The Morgan fingerprint density at radius 2 is 2.05 bits per heavy atom. The van der Waals surface area contributed by atoms with E-state index < -0.39 is 5.60 Å². The maximum Gasteiger partial charge on any atom is 0.150 e. The van der Waals surface area contributed by atoms with E-state index in [1.54, 1.807) is 0 Å². The van der Waals surface area contributed by atoms with Gasteiger partial charge in [-0.3, -0.25) is 4.79 Å². The average Bonchev–Trinajstić information content (AvgIpc) is 2.37. The van der Waals surface area contributed by atoms with Crippen molar-refractivity contribution in [2.75, 3.05) is 0 Å². The summed E-state index contributed by atoms with van der Waals surface area (Å²) in [4.78, 5) is 11.3. The van der Waals surface area contributed by atoms with Crippen LogP contribution < -0.4 is 4.74 Å². The van der Waals surface area contributed by atoms with Crippen molar-refractivity contribution < 1.29 is 9.53 Å². The molecule has 1 heterocycles. The Labute approximate surface area is 114 Å². The Morgan fingerprint density at radius 1 is 1.32 bits per heavy atom. The number of para-hydroxylation sites is 1. The summed E-state index contributed by atoms with van der Waals surface area (Å²) in [6.07, 6.45) is 6.74. The number of ether oxygens (including phenoxy) is 1. The van der Waals surface area contributed by atoms with Gasteiger partial charge in [-0.2, -0.15) is 0 Å². The summed E-state index contributed by atoms with van der Waals surface area (Å²) in [6.45, 7) is 6.15. The fourth-order valence-electron chi connectivity index (χ4n) is 2.30. The molecule has 2 heteroatoms. The van der Waals surface area contributed by atoms with Crippen molar-refractivity contribution in [2.45, 2.75) is 39.2 Å². The largest absolute Gasteiger partial charge is 0.482 e. The molecule has 0 radical (unpaired) electrons. The Kier molecular flexibility index (Phi) is 3.89. The number of allylic oxidation sites excluding steroid dienone is 2. The number of hydrogen-bond acceptors (Lipinski definition) is 2. The van der Waals surface area contributed by atoms with Crippen LogP contribution in [0.5, 0.6) is 5.75 Å². The van der Waals surface area contributed by atoms with Crippen LogP contribution in [0, 0.1) is 0 Å². The molecule has 0 fully saturated rings. The van der Waals surface area contributed by atoms with Crippen molar-refractivity contribution in [1.82, 2.24) is 0 Å². The van der Waals surface area contributed by atoms with Gasteiger partial charge in [0.05, 0.1) is 0 Å². The molecule has 2 nitrogen and oxygen atoms in total. The molecule has 0 amide bonds. The zero-order valence-electron chi connectivity index (χ0n) is 11.8. The molecule has 0 bridgehead atoms. The van der Waals surface area contributed by atoms with Gasteiger partial charge >= 0.3 is 0 Å². The van der Waals surface area contributed by atoms with Crippen LogP contribution in [0.15, 0.2) is 41.5 Å². The van der Waals surface area contributed by atoms with Gasteiger partial charge < -0.3 is 4.74 Å². The monoisotopic (exact) mass is 256 g/mol. The van der Waals surface area contributed by atoms with E-state index >= 15 is 0 Å². The minimum absolute atomic E-state index is 0.526. The van der Waals surface area contributed by atoms with Crippen molar-refractivity contribution in [2.24, 2.45) is 0 Å². The van der Waals surface area contributed by atoms with Gasteiger partial charge in [0, 0.05) is 11.1 Å². The zero-order valence-corrected chi connectivity index (χ0v) is 11.8. The third kappa shape index (κ3) is 2.95. The van der Waals surface area contributed by atoms with Gasteiger partial charge in [0.1, 0.15) is 17.6 Å². The summed E-state index contributed by atoms with van der Waals surface area (Å²) in [5, 5.41) is 0. The van der Waals surface area contributed by atoms with Gasteiger partial charge in [-0.15, -0.1) is 0 Å². The fourth-order valence-corrected chi connectivity index (χ4v) is 2.30. The Hall–Kier alpha value is -1.83. The smallest absolute Gasteiger partial charge is 0.150 e. The van der Waals surface area contributed by atoms with Gasteiger partial charge in [-0.05, 0) is 45.8 Å². The topological polar surface area (TPSA) is 26.3 Å². The molecule has 1 atom stereocenters. The number of hydrogen-bond donors (Lipinski definition) is 0. The minimum Gasteiger partial charge on any atom is -0.482 e. The van der Waals surface area contributed by atoms with Crippen LogP contribution in [0.1, 0.15) is 39.2 Å². The van der Waals surface area contributed by atoms with Crippen molar-refractivity contribution in [3.63, 3.8) is 0 Å². The van der Waals surface area contributed by atoms with E-state index in [-0.39, 0.29) is 0 Å². The molecule has 2 rings (SSSR count). The molecule has 1 unspecified atom stereocenters. The molecule has 19 heavy (non-hydrogen) atoms. The van der Waals surface area contributed by atoms with Gasteiger partial charge in [0.2, 0.25) is 0 Å². The van der Waals surface area contributed by atoms with Gasteiger partial charge in [-0.1, -0.05) is 29.8 Å². The van der Waals surface area contributed by atoms with Crippen LogP contribution in [0.25, 0.3) is 6.08 Å². The third-order valence-electron chi connectivity index (χ3n) is 3.48. The summed E-state index contributed by atoms with van der Waals surface area (Å²) >= 11 is 0. The van der Waals surface area contributed by atoms with E-state index in [9.17, 15) is 4.79 Å². The Morgan fingerprint density at radius 3 is 2.74 bits per heavy atom. The van der Waals surface area contributed by atoms with Crippen molar-refractivity contribution in [3.05, 3.63) is 47.1 Å². The lowest BCUT2D eigenvalue weighted by Gasteiger charge is -2.34.